The Kier molecular flexibility index (Phi) is 5.73. The number of hydrogen-bond acceptors (Lipinski definition) is 4. The summed E-state index contributed by atoms with van der Waals surface area (Å²) in [5.74, 6) is -0.197. The third-order valence-electron chi connectivity index (χ3n) is 3.13. The lowest BCUT2D eigenvalue weighted by molar-refractivity contribution is -0.138. The monoisotopic (exact) mass is 229 g/mol. The van der Waals surface area contributed by atoms with Crippen molar-refractivity contribution in [2.75, 3.05) is 33.2 Å². The predicted octanol–water partition coefficient (Wildman–Crippen LogP) is -0.280. The number of nitrogens with one attached hydrogen (secondary N) is 1. The number of nitrogens with two attached hydrogens (primary N) is 1. The maximum Gasteiger partial charge on any atom is 0.321 e. The number of likely N-dealkylation sites (tertiary alicyclic amines) is 1. The molecule has 16 heavy (non-hydrogen) atoms. The van der Waals surface area contributed by atoms with Gasteiger partial charge in [0.05, 0.1) is 0 Å². The Morgan fingerprint density at radius 3 is 3.06 bits per heavy atom. The molecule has 1 rings (SSSR count). The molecule has 0 bridgehead atoms. The van der Waals surface area contributed by atoms with E-state index in [9.17, 15) is 4.79 Å². The van der Waals surface area contributed by atoms with Gasteiger partial charge in [-0.1, -0.05) is 0 Å². The van der Waals surface area contributed by atoms with E-state index in [-0.39, 0.29) is 0 Å². The Morgan fingerprint density at radius 2 is 2.44 bits per heavy atom. The number of carbonyl (C=O) groups is 1. The molecular formula is C11H23N3O2. The van der Waals surface area contributed by atoms with E-state index in [2.05, 4.69) is 17.3 Å². The molecule has 5 heteroatoms. The van der Waals surface area contributed by atoms with Crippen LogP contribution in [0, 0.1) is 5.92 Å². The van der Waals surface area contributed by atoms with Gasteiger partial charge in [0.1, 0.15) is 6.04 Å². The number of hydrogen-bond donors (Lipinski definition) is 3. The van der Waals surface area contributed by atoms with Crippen LogP contribution in [-0.2, 0) is 4.79 Å². The van der Waals surface area contributed by atoms with Gasteiger partial charge in [0.15, 0.2) is 0 Å². The summed E-state index contributed by atoms with van der Waals surface area (Å²) in [7, 11) is 2.15. The quantitative estimate of drug-likeness (QED) is 0.546. The molecule has 0 saturated carbocycles. The molecule has 1 aliphatic rings. The molecule has 1 aliphatic heterocycles. The second-order valence-corrected chi connectivity index (χ2v) is 4.71. The normalized spacial score (nSPS) is 24.2. The molecule has 0 amide bonds. The lowest BCUT2D eigenvalue weighted by atomic mass is 9.95. The fraction of sp³-hybridized carbons (Fsp3) is 0.909. The van der Waals surface area contributed by atoms with Crippen LogP contribution in [0.5, 0.6) is 0 Å². The number of aliphatic carboxylic acids is 1. The van der Waals surface area contributed by atoms with Crippen LogP contribution in [0.3, 0.4) is 0 Å². The van der Waals surface area contributed by atoms with Crippen molar-refractivity contribution in [2.45, 2.75) is 25.3 Å². The summed E-state index contributed by atoms with van der Waals surface area (Å²) in [6.45, 7) is 3.58. The molecule has 4 N–H and O–H groups in total. The molecule has 0 radical (unpaired) electrons. The van der Waals surface area contributed by atoms with Crippen molar-refractivity contribution in [1.82, 2.24) is 10.2 Å². The van der Waals surface area contributed by atoms with Gasteiger partial charge >= 0.3 is 5.97 Å². The van der Waals surface area contributed by atoms with Crippen molar-refractivity contribution >= 4 is 5.97 Å². The van der Waals surface area contributed by atoms with E-state index < -0.39 is 12.0 Å². The molecule has 2 atom stereocenters. The van der Waals surface area contributed by atoms with Crippen LogP contribution in [0.25, 0.3) is 0 Å². The van der Waals surface area contributed by atoms with Crippen LogP contribution >= 0.6 is 0 Å². The highest BCUT2D eigenvalue weighted by molar-refractivity contribution is 5.73. The van der Waals surface area contributed by atoms with Crippen molar-refractivity contribution in [3.05, 3.63) is 0 Å². The van der Waals surface area contributed by atoms with E-state index in [0.29, 0.717) is 6.54 Å². The molecule has 0 aromatic rings. The van der Waals surface area contributed by atoms with Crippen molar-refractivity contribution in [1.29, 1.82) is 0 Å². The van der Waals surface area contributed by atoms with Crippen molar-refractivity contribution in [2.24, 2.45) is 11.7 Å². The summed E-state index contributed by atoms with van der Waals surface area (Å²) in [4.78, 5) is 12.8. The van der Waals surface area contributed by atoms with E-state index in [0.717, 1.165) is 25.4 Å². The summed E-state index contributed by atoms with van der Waals surface area (Å²) in [6, 6.07) is -0.783. The van der Waals surface area contributed by atoms with Gasteiger partial charge in [-0.15, -0.1) is 0 Å². The lowest BCUT2D eigenvalue weighted by Gasteiger charge is -2.29. The van der Waals surface area contributed by atoms with Crippen molar-refractivity contribution < 1.29 is 9.90 Å². The highest BCUT2D eigenvalue weighted by Gasteiger charge is 2.17. The minimum absolute atomic E-state index is 0.359. The first-order valence-electron chi connectivity index (χ1n) is 5.97. The Bertz CT molecular complexity index is 223. The zero-order valence-corrected chi connectivity index (χ0v) is 9.98. The first kappa shape index (κ1) is 13.4. The number of piperidine rings is 1. The maximum atomic E-state index is 10.5. The topological polar surface area (TPSA) is 78.6 Å². The first-order chi connectivity index (χ1) is 7.59. The average Bonchev–Trinajstić information content (AvgIpc) is 2.24. The fourth-order valence-electron chi connectivity index (χ4n) is 2.16. The number of rotatable bonds is 6. The van der Waals surface area contributed by atoms with Crippen LogP contribution in [0.1, 0.15) is 19.3 Å². The van der Waals surface area contributed by atoms with E-state index >= 15 is 0 Å². The maximum absolute atomic E-state index is 10.5. The Labute approximate surface area is 97.0 Å². The Hall–Kier alpha value is -0.650. The number of carboxylic acid groups (broad SMARTS) is 1. The van der Waals surface area contributed by atoms with Crippen LogP contribution in [-0.4, -0.2) is 55.2 Å². The minimum Gasteiger partial charge on any atom is -0.480 e. The molecule has 0 spiro atoms. The van der Waals surface area contributed by atoms with Crippen LogP contribution in [0.15, 0.2) is 0 Å². The first-order valence-corrected chi connectivity index (χ1v) is 5.97. The van der Waals surface area contributed by atoms with Gasteiger partial charge in [-0.2, -0.15) is 0 Å². The molecular weight excluding hydrogens is 206 g/mol. The van der Waals surface area contributed by atoms with Crippen LogP contribution < -0.4 is 11.1 Å². The summed E-state index contributed by atoms with van der Waals surface area (Å²) in [5.41, 5.74) is 5.39. The van der Waals surface area contributed by atoms with Gasteiger partial charge in [0.25, 0.3) is 0 Å². The summed E-state index contributed by atoms with van der Waals surface area (Å²) < 4.78 is 0. The third kappa shape index (κ3) is 4.92. The fourth-order valence-corrected chi connectivity index (χ4v) is 2.16. The molecule has 0 aromatic carbocycles. The molecule has 1 saturated heterocycles. The van der Waals surface area contributed by atoms with Gasteiger partial charge in [0.2, 0.25) is 0 Å². The standard InChI is InChI=1S/C11H23N3O2/c1-14-6-2-3-9(8-14)4-5-13-7-10(12)11(15)16/h9-10,13H,2-8,12H2,1H3,(H,15,16). The second kappa shape index (κ2) is 6.83. The van der Waals surface area contributed by atoms with Crippen molar-refractivity contribution in [3.8, 4) is 0 Å². The van der Waals surface area contributed by atoms with E-state index in [1.807, 2.05) is 0 Å². The van der Waals surface area contributed by atoms with Crippen molar-refractivity contribution in [3.63, 3.8) is 0 Å². The van der Waals surface area contributed by atoms with E-state index in [1.54, 1.807) is 0 Å². The minimum atomic E-state index is -0.940. The van der Waals surface area contributed by atoms with E-state index in [4.69, 9.17) is 10.8 Å². The molecule has 0 aromatic heterocycles. The zero-order chi connectivity index (χ0) is 12.0. The highest BCUT2D eigenvalue weighted by Crippen LogP contribution is 2.17. The third-order valence-corrected chi connectivity index (χ3v) is 3.13. The van der Waals surface area contributed by atoms with Gasteiger partial charge in [0, 0.05) is 13.1 Å². The highest BCUT2D eigenvalue weighted by atomic mass is 16.4. The van der Waals surface area contributed by atoms with E-state index in [1.165, 1.54) is 19.4 Å². The largest absolute Gasteiger partial charge is 0.480 e. The lowest BCUT2D eigenvalue weighted by Crippen LogP contribution is -2.41. The molecule has 0 aliphatic carbocycles. The van der Waals surface area contributed by atoms with Gasteiger partial charge in [-0.05, 0) is 45.3 Å². The molecule has 1 fully saturated rings. The molecule has 94 valence electrons. The zero-order valence-electron chi connectivity index (χ0n) is 9.98. The smallest absolute Gasteiger partial charge is 0.321 e. The Morgan fingerprint density at radius 1 is 1.69 bits per heavy atom. The van der Waals surface area contributed by atoms with Gasteiger partial charge in [-0.25, -0.2) is 0 Å². The van der Waals surface area contributed by atoms with Gasteiger partial charge in [-0.3, -0.25) is 4.79 Å². The van der Waals surface area contributed by atoms with Crippen LogP contribution in [0.2, 0.25) is 0 Å². The number of carboxylic acids is 1. The Balaban J connectivity index is 2.04. The molecule has 2 unspecified atom stereocenters. The van der Waals surface area contributed by atoms with Crippen LogP contribution in [0.4, 0.5) is 0 Å². The van der Waals surface area contributed by atoms with Gasteiger partial charge < -0.3 is 21.1 Å². The summed E-state index contributed by atoms with van der Waals surface area (Å²) in [6.07, 6.45) is 3.67. The second-order valence-electron chi connectivity index (χ2n) is 4.71. The average molecular weight is 229 g/mol. The molecule has 5 nitrogen and oxygen atoms in total. The summed E-state index contributed by atoms with van der Waals surface area (Å²) >= 11 is 0. The molecule has 1 heterocycles. The predicted molar refractivity (Wildman–Crippen MR) is 63.3 cm³/mol. The SMILES string of the molecule is CN1CCCC(CCNCC(N)C(=O)O)C1. The number of nitrogens with zero attached hydrogens (tertiary/aromatic N) is 1. The summed E-state index contributed by atoms with van der Waals surface area (Å²) in [5, 5.41) is 11.7.